The fourth-order valence-electron chi connectivity index (χ4n) is 3.57. The third-order valence-corrected chi connectivity index (χ3v) is 5.25. The van der Waals surface area contributed by atoms with Crippen molar-refractivity contribution in [3.05, 3.63) is 52.5 Å². The lowest BCUT2D eigenvalue weighted by atomic mass is 10.1. The van der Waals surface area contributed by atoms with Gasteiger partial charge < -0.3 is 30.5 Å². The van der Waals surface area contributed by atoms with Gasteiger partial charge in [0, 0.05) is 37.3 Å². The highest BCUT2D eigenvalue weighted by Crippen LogP contribution is 2.35. The summed E-state index contributed by atoms with van der Waals surface area (Å²) < 4.78 is 10.8. The molecular weight excluding hydrogens is 436 g/mol. The molecule has 0 radical (unpaired) electrons. The lowest BCUT2D eigenvalue weighted by Crippen LogP contribution is -2.21. The highest BCUT2D eigenvalue weighted by atomic mass is 16.5. The minimum absolute atomic E-state index is 0.253. The summed E-state index contributed by atoms with van der Waals surface area (Å²) >= 11 is 0. The molecular formula is C23H26N8O3. The van der Waals surface area contributed by atoms with Gasteiger partial charge >= 0.3 is 0 Å². The molecule has 0 fully saturated rings. The van der Waals surface area contributed by atoms with Crippen LogP contribution in [0, 0.1) is 0 Å². The fourth-order valence-corrected chi connectivity index (χ4v) is 3.57. The predicted octanol–water partition coefficient (Wildman–Crippen LogP) is 2.92. The predicted molar refractivity (Wildman–Crippen MR) is 132 cm³/mol. The number of anilines is 2. The molecule has 0 saturated carbocycles. The Morgan fingerprint density at radius 1 is 1.18 bits per heavy atom. The van der Waals surface area contributed by atoms with E-state index in [-0.39, 0.29) is 17.2 Å². The number of benzene rings is 1. The molecule has 0 aliphatic rings. The van der Waals surface area contributed by atoms with Crippen LogP contribution < -0.4 is 26.1 Å². The van der Waals surface area contributed by atoms with Crippen molar-refractivity contribution >= 4 is 28.6 Å². The van der Waals surface area contributed by atoms with Crippen molar-refractivity contribution in [1.82, 2.24) is 24.9 Å². The SMILES string of the molecule is CCN=Cc1[nH]c(=O)c(-c2nc3cc(OC)c(OC)cc3[nH]2)c(N[C@@H](C)c2ncccn2)c1N. The van der Waals surface area contributed by atoms with Crippen LogP contribution in [0.2, 0.25) is 0 Å². The van der Waals surface area contributed by atoms with Crippen LogP contribution >= 0.6 is 0 Å². The third-order valence-electron chi connectivity index (χ3n) is 5.25. The van der Waals surface area contributed by atoms with Gasteiger partial charge in [-0.2, -0.15) is 0 Å². The number of nitrogens with one attached hydrogen (secondary N) is 3. The van der Waals surface area contributed by atoms with E-state index in [1.807, 2.05) is 13.8 Å². The Labute approximate surface area is 195 Å². The second-order valence-electron chi connectivity index (χ2n) is 7.44. The number of methoxy groups -OCH3 is 2. The quantitative estimate of drug-likeness (QED) is 0.291. The van der Waals surface area contributed by atoms with Crippen LogP contribution in [0.15, 0.2) is 40.4 Å². The van der Waals surface area contributed by atoms with Crippen LogP contribution in [0.1, 0.15) is 31.4 Å². The number of nitrogen functional groups attached to an aromatic ring is 1. The standard InChI is InChI=1S/C23H26N8O3/c1-5-25-11-15-19(24)20(28-12(2)21-26-7-6-8-27-21)18(23(32)31-15)22-29-13-9-16(33-3)17(34-4)10-14(13)30-22/h6-12H,5,24H2,1-4H3,(H,29,30)(H2,28,31,32)/t12-/m0/s1. The summed E-state index contributed by atoms with van der Waals surface area (Å²) in [4.78, 5) is 36.7. The average molecular weight is 463 g/mol. The summed E-state index contributed by atoms with van der Waals surface area (Å²) in [5.41, 5.74) is 8.77. The molecule has 0 amide bonds. The molecule has 0 bridgehead atoms. The minimum Gasteiger partial charge on any atom is -0.493 e. The maximum atomic E-state index is 13.3. The van der Waals surface area contributed by atoms with E-state index in [9.17, 15) is 4.79 Å². The molecule has 34 heavy (non-hydrogen) atoms. The summed E-state index contributed by atoms with van der Waals surface area (Å²) in [6, 6.07) is 4.89. The van der Waals surface area contributed by atoms with Crippen LogP contribution in [0.25, 0.3) is 22.4 Å². The number of pyridine rings is 1. The van der Waals surface area contributed by atoms with Gasteiger partial charge in [-0.1, -0.05) is 0 Å². The van der Waals surface area contributed by atoms with E-state index >= 15 is 0 Å². The van der Waals surface area contributed by atoms with E-state index in [1.54, 1.807) is 51.0 Å². The number of nitrogens with zero attached hydrogens (tertiary/aromatic N) is 4. The molecule has 0 spiro atoms. The van der Waals surface area contributed by atoms with Crippen LogP contribution in [0.5, 0.6) is 11.5 Å². The smallest absolute Gasteiger partial charge is 0.261 e. The molecule has 176 valence electrons. The van der Waals surface area contributed by atoms with Crippen molar-refractivity contribution < 1.29 is 9.47 Å². The monoisotopic (exact) mass is 462 g/mol. The second kappa shape index (κ2) is 9.61. The van der Waals surface area contributed by atoms with Crippen LogP contribution in [0.3, 0.4) is 0 Å². The molecule has 1 aromatic carbocycles. The zero-order valence-corrected chi connectivity index (χ0v) is 19.3. The first-order valence-electron chi connectivity index (χ1n) is 10.7. The normalized spacial score (nSPS) is 12.2. The molecule has 4 aromatic rings. The molecule has 0 saturated heterocycles. The van der Waals surface area contributed by atoms with Crippen LogP contribution in [-0.4, -0.2) is 51.9 Å². The maximum Gasteiger partial charge on any atom is 0.261 e. The topological polar surface area (TPSA) is 156 Å². The summed E-state index contributed by atoms with van der Waals surface area (Å²) in [7, 11) is 3.10. The number of hydrogen-bond donors (Lipinski definition) is 4. The number of aromatic nitrogens is 5. The van der Waals surface area contributed by atoms with E-state index in [1.165, 1.54) is 0 Å². The van der Waals surface area contributed by atoms with Gasteiger partial charge in [-0.3, -0.25) is 9.79 Å². The highest BCUT2D eigenvalue weighted by Gasteiger charge is 2.22. The summed E-state index contributed by atoms with van der Waals surface area (Å²) in [6.07, 6.45) is 4.85. The van der Waals surface area contributed by atoms with Crippen LogP contribution in [0.4, 0.5) is 11.4 Å². The highest BCUT2D eigenvalue weighted by molar-refractivity contribution is 5.95. The van der Waals surface area contributed by atoms with Gasteiger partial charge in [-0.05, 0) is 19.9 Å². The van der Waals surface area contributed by atoms with E-state index in [0.29, 0.717) is 57.8 Å². The van der Waals surface area contributed by atoms with Gasteiger partial charge in [0.2, 0.25) is 0 Å². The van der Waals surface area contributed by atoms with Crippen molar-refractivity contribution in [1.29, 1.82) is 0 Å². The maximum absolute atomic E-state index is 13.3. The molecule has 4 rings (SSSR count). The van der Waals surface area contributed by atoms with Crippen molar-refractivity contribution in [3.8, 4) is 22.9 Å². The van der Waals surface area contributed by atoms with Crippen molar-refractivity contribution in [3.63, 3.8) is 0 Å². The third kappa shape index (κ3) is 4.27. The number of aromatic amines is 2. The number of nitrogens with two attached hydrogens (primary N) is 1. The number of H-pyrrole nitrogens is 2. The largest absolute Gasteiger partial charge is 0.493 e. The van der Waals surface area contributed by atoms with Crippen LogP contribution in [-0.2, 0) is 0 Å². The molecule has 3 heterocycles. The second-order valence-corrected chi connectivity index (χ2v) is 7.44. The van der Waals surface area contributed by atoms with Gasteiger partial charge in [0.25, 0.3) is 5.56 Å². The lowest BCUT2D eigenvalue weighted by molar-refractivity contribution is 0.356. The van der Waals surface area contributed by atoms with Gasteiger partial charge in [0.15, 0.2) is 11.5 Å². The van der Waals surface area contributed by atoms with Gasteiger partial charge in [0.05, 0.1) is 48.4 Å². The van der Waals surface area contributed by atoms with Crippen molar-refractivity contribution in [2.45, 2.75) is 19.9 Å². The van der Waals surface area contributed by atoms with E-state index in [0.717, 1.165) is 0 Å². The number of fused-ring (bicyclic) bond motifs is 1. The number of aliphatic imine (C=N–C) groups is 1. The molecule has 0 unspecified atom stereocenters. The molecule has 11 heteroatoms. The molecule has 5 N–H and O–H groups in total. The zero-order chi connectivity index (χ0) is 24.2. The number of hydrogen-bond acceptors (Lipinski definition) is 9. The van der Waals surface area contributed by atoms with E-state index in [4.69, 9.17) is 15.2 Å². The van der Waals surface area contributed by atoms with Gasteiger partial charge in [-0.15, -0.1) is 0 Å². The Kier molecular flexibility index (Phi) is 6.44. The Morgan fingerprint density at radius 3 is 2.56 bits per heavy atom. The fraction of sp³-hybridized carbons (Fsp3) is 0.261. The van der Waals surface area contributed by atoms with E-state index in [2.05, 4.69) is 35.2 Å². The molecule has 3 aromatic heterocycles. The summed E-state index contributed by atoms with van der Waals surface area (Å²) in [5, 5.41) is 3.30. The van der Waals surface area contributed by atoms with E-state index < -0.39 is 0 Å². The van der Waals surface area contributed by atoms with Gasteiger partial charge in [0.1, 0.15) is 17.2 Å². The average Bonchev–Trinajstić information content (AvgIpc) is 3.26. The number of ether oxygens (including phenoxy) is 2. The Balaban J connectivity index is 1.90. The minimum atomic E-state index is -0.381. The van der Waals surface area contributed by atoms with Crippen molar-refractivity contribution in [2.24, 2.45) is 4.99 Å². The number of imidazole rings is 1. The molecule has 0 aliphatic heterocycles. The lowest BCUT2D eigenvalue weighted by Gasteiger charge is -2.19. The molecule has 0 aliphatic carbocycles. The summed E-state index contributed by atoms with van der Waals surface area (Å²) in [6.45, 7) is 4.32. The molecule has 1 atom stereocenters. The first kappa shape index (κ1) is 22.8. The Morgan fingerprint density at radius 2 is 1.88 bits per heavy atom. The molecule has 11 nitrogen and oxygen atoms in total. The van der Waals surface area contributed by atoms with Gasteiger partial charge in [-0.25, -0.2) is 15.0 Å². The van der Waals surface area contributed by atoms with Crippen molar-refractivity contribution in [2.75, 3.05) is 31.8 Å². The Bertz CT molecular complexity index is 1350. The Hall–Kier alpha value is -4.41. The number of rotatable bonds is 8. The first-order valence-corrected chi connectivity index (χ1v) is 10.7. The summed E-state index contributed by atoms with van der Waals surface area (Å²) in [5.74, 6) is 1.95. The first-order chi connectivity index (χ1) is 16.5. The zero-order valence-electron chi connectivity index (χ0n) is 19.3.